The van der Waals surface area contributed by atoms with Gasteiger partial charge < -0.3 is 10.0 Å². The van der Waals surface area contributed by atoms with Gasteiger partial charge in [0.1, 0.15) is 5.60 Å². The highest BCUT2D eigenvalue weighted by atomic mass is 16.3. The van der Waals surface area contributed by atoms with Gasteiger partial charge in [-0.1, -0.05) is 0 Å². The van der Waals surface area contributed by atoms with E-state index in [2.05, 4.69) is 25.8 Å². The van der Waals surface area contributed by atoms with Crippen molar-refractivity contribution in [1.29, 1.82) is 0 Å². The third-order valence-corrected chi connectivity index (χ3v) is 3.17. The molecule has 88 valence electrons. The largest absolute Gasteiger partial charge is 0.381 e. The predicted octanol–water partition coefficient (Wildman–Crippen LogP) is 0.308. The van der Waals surface area contributed by atoms with Crippen LogP contribution in [0.1, 0.15) is 27.7 Å². The zero-order chi connectivity index (χ0) is 11.8. The summed E-state index contributed by atoms with van der Waals surface area (Å²) in [4.78, 5) is 15.9. The summed E-state index contributed by atoms with van der Waals surface area (Å²) >= 11 is 0. The Balaban J connectivity index is 2.70. The van der Waals surface area contributed by atoms with Crippen molar-refractivity contribution < 1.29 is 9.90 Å². The molecule has 1 amide bonds. The van der Waals surface area contributed by atoms with Gasteiger partial charge in [0.15, 0.2) is 0 Å². The van der Waals surface area contributed by atoms with Crippen molar-refractivity contribution in [1.82, 2.24) is 9.80 Å². The van der Waals surface area contributed by atoms with E-state index in [0.717, 1.165) is 0 Å². The SMILES string of the molecule is C[C@@H]1CN(C(=O)C(C)(C)O)C[C@H](C)N1C. The number of hydrogen-bond donors (Lipinski definition) is 1. The Bertz CT molecular complexity index is 235. The predicted molar refractivity (Wildman–Crippen MR) is 59.6 cm³/mol. The highest BCUT2D eigenvalue weighted by Gasteiger charge is 2.35. The maximum Gasteiger partial charge on any atom is 0.254 e. The molecule has 4 heteroatoms. The summed E-state index contributed by atoms with van der Waals surface area (Å²) in [5.74, 6) is -0.172. The number of carbonyl (C=O) groups excluding carboxylic acids is 1. The van der Waals surface area contributed by atoms with Crippen LogP contribution in [0.3, 0.4) is 0 Å². The summed E-state index contributed by atoms with van der Waals surface area (Å²) in [5, 5.41) is 9.67. The second-order valence-corrected chi connectivity index (χ2v) is 5.13. The lowest BCUT2D eigenvalue weighted by atomic mass is 10.0. The van der Waals surface area contributed by atoms with Crippen molar-refractivity contribution >= 4 is 5.91 Å². The molecule has 15 heavy (non-hydrogen) atoms. The number of carbonyl (C=O) groups is 1. The van der Waals surface area contributed by atoms with Gasteiger partial charge in [-0.25, -0.2) is 0 Å². The second kappa shape index (κ2) is 4.10. The molecule has 0 radical (unpaired) electrons. The molecule has 0 aromatic heterocycles. The van der Waals surface area contributed by atoms with E-state index in [9.17, 15) is 9.90 Å². The van der Waals surface area contributed by atoms with Gasteiger partial charge in [-0.3, -0.25) is 9.69 Å². The fourth-order valence-electron chi connectivity index (χ4n) is 1.96. The monoisotopic (exact) mass is 214 g/mol. The summed E-state index contributed by atoms with van der Waals surface area (Å²) in [6, 6.07) is 0.695. The fourth-order valence-corrected chi connectivity index (χ4v) is 1.96. The molecule has 1 saturated heterocycles. The first kappa shape index (κ1) is 12.5. The molecular formula is C11H22N2O2. The molecule has 1 heterocycles. The van der Waals surface area contributed by atoms with Crippen LogP contribution in [0.5, 0.6) is 0 Å². The Morgan fingerprint density at radius 1 is 1.27 bits per heavy atom. The van der Waals surface area contributed by atoms with Crippen LogP contribution in [0.4, 0.5) is 0 Å². The molecule has 1 aliphatic rings. The van der Waals surface area contributed by atoms with Crippen molar-refractivity contribution in [3.05, 3.63) is 0 Å². The van der Waals surface area contributed by atoms with Crippen molar-refractivity contribution in [3.8, 4) is 0 Å². The van der Waals surface area contributed by atoms with Crippen LogP contribution in [0, 0.1) is 0 Å². The van der Waals surface area contributed by atoms with E-state index < -0.39 is 5.60 Å². The maximum absolute atomic E-state index is 11.9. The standard InChI is InChI=1S/C11H22N2O2/c1-8-6-13(7-9(2)12(8)5)10(14)11(3,4)15/h8-9,15H,6-7H2,1-5H3/t8-,9+. The number of likely N-dealkylation sites (N-methyl/N-ethyl adjacent to an activating group) is 1. The molecular weight excluding hydrogens is 192 g/mol. The van der Waals surface area contributed by atoms with E-state index >= 15 is 0 Å². The number of aliphatic hydroxyl groups is 1. The van der Waals surface area contributed by atoms with E-state index in [1.54, 1.807) is 18.7 Å². The zero-order valence-corrected chi connectivity index (χ0v) is 10.3. The highest BCUT2D eigenvalue weighted by molar-refractivity contribution is 5.84. The zero-order valence-electron chi connectivity index (χ0n) is 10.3. The molecule has 0 aliphatic carbocycles. The van der Waals surface area contributed by atoms with Gasteiger partial charge in [-0.15, -0.1) is 0 Å². The molecule has 0 aromatic rings. The van der Waals surface area contributed by atoms with Crippen LogP contribution < -0.4 is 0 Å². The molecule has 1 fully saturated rings. The summed E-state index contributed by atoms with van der Waals surface area (Å²) in [6.07, 6.45) is 0. The fraction of sp³-hybridized carbons (Fsp3) is 0.909. The van der Waals surface area contributed by atoms with E-state index in [4.69, 9.17) is 0 Å². The van der Waals surface area contributed by atoms with Gasteiger partial charge in [-0.05, 0) is 34.7 Å². The lowest BCUT2D eigenvalue weighted by molar-refractivity contribution is -0.151. The van der Waals surface area contributed by atoms with E-state index in [1.807, 2.05) is 0 Å². The van der Waals surface area contributed by atoms with Crippen LogP contribution in [-0.2, 0) is 4.79 Å². The number of nitrogens with zero attached hydrogens (tertiary/aromatic N) is 2. The molecule has 0 saturated carbocycles. The minimum atomic E-state index is -1.25. The average Bonchev–Trinajstić information content (AvgIpc) is 2.10. The van der Waals surface area contributed by atoms with Crippen molar-refractivity contribution in [2.75, 3.05) is 20.1 Å². The van der Waals surface area contributed by atoms with E-state index in [-0.39, 0.29) is 5.91 Å². The Morgan fingerprint density at radius 3 is 2.00 bits per heavy atom. The Labute approximate surface area is 91.9 Å². The maximum atomic E-state index is 11.9. The minimum Gasteiger partial charge on any atom is -0.381 e. The molecule has 1 N–H and O–H groups in total. The third-order valence-electron chi connectivity index (χ3n) is 3.17. The normalized spacial score (nSPS) is 29.3. The minimum absolute atomic E-state index is 0.172. The molecule has 2 atom stereocenters. The van der Waals surface area contributed by atoms with Crippen LogP contribution >= 0.6 is 0 Å². The van der Waals surface area contributed by atoms with Crippen molar-refractivity contribution in [2.24, 2.45) is 0 Å². The molecule has 1 aliphatic heterocycles. The number of hydrogen-bond acceptors (Lipinski definition) is 3. The topological polar surface area (TPSA) is 43.8 Å². The lowest BCUT2D eigenvalue weighted by Gasteiger charge is -2.43. The Hall–Kier alpha value is -0.610. The lowest BCUT2D eigenvalue weighted by Crippen LogP contribution is -2.59. The molecule has 0 bridgehead atoms. The quantitative estimate of drug-likeness (QED) is 0.683. The second-order valence-electron chi connectivity index (χ2n) is 5.13. The van der Waals surface area contributed by atoms with Gasteiger partial charge in [0.2, 0.25) is 0 Å². The van der Waals surface area contributed by atoms with Crippen LogP contribution in [0.2, 0.25) is 0 Å². The van der Waals surface area contributed by atoms with Crippen molar-refractivity contribution in [3.63, 3.8) is 0 Å². The number of rotatable bonds is 1. The van der Waals surface area contributed by atoms with Crippen LogP contribution in [0.15, 0.2) is 0 Å². The first-order chi connectivity index (χ1) is 6.73. The molecule has 4 nitrogen and oxygen atoms in total. The number of piperazine rings is 1. The highest BCUT2D eigenvalue weighted by Crippen LogP contribution is 2.17. The molecule has 1 rings (SSSR count). The molecule has 0 unspecified atom stereocenters. The number of amides is 1. The van der Waals surface area contributed by atoms with Gasteiger partial charge >= 0.3 is 0 Å². The Kier molecular flexibility index (Phi) is 3.41. The summed E-state index contributed by atoms with van der Waals surface area (Å²) in [5.41, 5.74) is -1.25. The van der Waals surface area contributed by atoms with Crippen LogP contribution in [-0.4, -0.2) is 58.6 Å². The summed E-state index contributed by atoms with van der Waals surface area (Å²) < 4.78 is 0. The van der Waals surface area contributed by atoms with Gasteiger partial charge in [0.25, 0.3) is 5.91 Å². The van der Waals surface area contributed by atoms with Crippen molar-refractivity contribution in [2.45, 2.75) is 45.4 Å². The average molecular weight is 214 g/mol. The van der Waals surface area contributed by atoms with Gasteiger partial charge in [-0.2, -0.15) is 0 Å². The van der Waals surface area contributed by atoms with E-state index in [0.29, 0.717) is 25.2 Å². The van der Waals surface area contributed by atoms with Crippen LogP contribution in [0.25, 0.3) is 0 Å². The van der Waals surface area contributed by atoms with E-state index in [1.165, 1.54) is 0 Å². The molecule has 0 aromatic carbocycles. The Morgan fingerprint density at radius 2 is 1.67 bits per heavy atom. The molecule has 0 spiro atoms. The van der Waals surface area contributed by atoms with Gasteiger partial charge in [0, 0.05) is 25.2 Å². The first-order valence-electron chi connectivity index (χ1n) is 5.47. The summed E-state index contributed by atoms with van der Waals surface area (Å²) in [7, 11) is 2.07. The summed E-state index contributed by atoms with van der Waals surface area (Å²) in [6.45, 7) is 8.68. The third kappa shape index (κ3) is 2.69. The van der Waals surface area contributed by atoms with Gasteiger partial charge in [0.05, 0.1) is 0 Å². The first-order valence-corrected chi connectivity index (χ1v) is 5.47. The smallest absolute Gasteiger partial charge is 0.254 e.